The van der Waals surface area contributed by atoms with Gasteiger partial charge in [-0.2, -0.15) is 0 Å². The number of thiazole rings is 1. The molecule has 204 valence electrons. The Morgan fingerprint density at radius 3 is 2.44 bits per heavy atom. The van der Waals surface area contributed by atoms with E-state index in [9.17, 15) is 19.5 Å². The highest BCUT2D eigenvalue weighted by Crippen LogP contribution is 2.44. The summed E-state index contributed by atoms with van der Waals surface area (Å²) in [7, 11) is 0. The quantitative estimate of drug-likeness (QED) is 0.114. The highest BCUT2D eigenvalue weighted by Gasteiger charge is 2.48. The van der Waals surface area contributed by atoms with Gasteiger partial charge in [0.25, 0.3) is 5.78 Å². The van der Waals surface area contributed by atoms with Crippen LogP contribution in [-0.2, 0) is 14.3 Å². The summed E-state index contributed by atoms with van der Waals surface area (Å²) in [6.45, 7) is 10.0. The van der Waals surface area contributed by atoms with Crippen molar-refractivity contribution in [1.82, 2.24) is 4.98 Å². The monoisotopic (exact) mass is 548 g/mol. The van der Waals surface area contributed by atoms with E-state index in [0.717, 1.165) is 35.3 Å². The van der Waals surface area contributed by atoms with Crippen LogP contribution in [0.3, 0.4) is 0 Å². The third-order valence-electron chi connectivity index (χ3n) is 6.49. The molecule has 1 atom stereocenters. The number of carbonyl (C=O) groups excluding carboxylic acids is 3. The number of hydrogen-bond acceptors (Lipinski definition) is 8. The first-order valence-electron chi connectivity index (χ1n) is 12.9. The minimum atomic E-state index is -0.938. The van der Waals surface area contributed by atoms with E-state index in [4.69, 9.17) is 9.47 Å². The average molecular weight is 549 g/mol. The number of anilines is 1. The first kappa shape index (κ1) is 28.0. The molecular formula is C30H32N2O6S. The Hall–Kier alpha value is -3.98. The van der Waals surface area contributed by atoms with Crippen LogP contribution in [0.4, 0.5) is 5.13 Å². The van der Waals surface area contributed by atoms with Crippen LogP contribution in [0.5, 0.6) is 5.75 Å². The Morgan fingerprint density at radius 2 is 1.79 bits per heavy atom. The number of aryl methyl sites for hydroxylation is 3. The number of nitrogens with zero attached hydrogens (tertiary/aromatic N) is 2. The van der Waals surface area contributed by atoms with Crippen LogP contribution < -0.4 is 9.64 Å². The molecule has 1 aromatic heterocycles. The fraction of sp³-hybridized carbons (Fsp3) is 0.333. The Labute approximate surface area is 231 Å². The molecule has 2 heterocycles. The number of carbonyl (C=O) groups is 3. The number of Topliss-reactive ketones (excluding diaryl/α,β-unsaturated/α-hetero) is 1. The smallest absolute Gasteiger partial charge is 0.350 e. The van der Waals surface area contributed by atoms with E-state index >= 15 is 0 Å². The van der Waals surface area contributed by atoms with Gasteiger partial charge in [-0.05, 0) is 63.4 Å². The second-order valence-corrected chi connectivity index (χ2v) is 10.4. The summed E-state index contributed by atoms with van der Waals surface area (Å²) in [5.41, 5.74) is 3.17. The third kappa shape index (κ3) is 5.59. The number of aliphatic hydroxyl groups excluding tert-OH is 1. The van der Waals surface area contributed by atoms with Crippen LogP contribution in [0, 0.1) is 20.8 Å². The zero-order chi connectivity index (χ0) is 28.3. The molecule has 1 N–H and O–H groups in total. The number of ketones is 1. The van der Waals surface area contributed by atoms with Gasteiger partial charge >= 0.3 is 11.9 Å². The molecule has 9 heteroatoms. The number of hydrogen-bond donors (Lipinski definition) is 1. The molecule has 2 aromatic carbocycles. The Kier molecular flexibility index (Phi) is 8.50. The minimum Gasteiger partial charge on any atom is -0.507 e. The van der Waals surface area contributed by atoms with E-state index in [0.29, 0.717) is 29.2 Å². The van der Waals surface area contributed by atoms with Crippen molar-refractivity contribution in [1.29, 1.82) is 0 Å². The topological polar surface area (TPSA) is 106 Å². The fourth-order valence-corrected chi connectivity index (χ4v) is 5.39. The molecule has 1 aliphatic heterocycles. The summed E-state index contributed by atoms with van der Waals surface area (Å²) in [4.78, 5) is 45.3. The van der Waals surface area contributed by atoms with Crippen molar-refractivity contribution >= 4 is 39.9 Å². The predicted octanol–water partition coefficient (Wildman–Crippen LogP) is 6.05. The second-order valence-electron chi connectivity index (χ2n) is 9.39. The number of unbranched alkanes of at least 4 members (excludes halogenated alkanes) is 1. The van der Waals surface area contributed by atoms with Gasteiger partial charge in [-0.15, -0.1) is 0 Å². The fourth-order valence-electron chi connectivity index (χ4n) is 4.41. The molecule has 0 spiro atoms. The van der Waals surface area contributed by atoms with Crippen LogP contribution in [0.15, 0.2) is 48.0 Å². The van der Waals surface area contributed by atoms with Gasteiger partial charge in [0.05, 0.1) is 30.5 Å². The Morgan fingerprint density at radius 1 is 1.08 bits per heavy atom. The van der Waals surface area contributed by atoms with E-state index in [1.807, 2.05) is 38.1 Å². The maximum Gasteiger partial charge on any atom is 0.350 e. The minimum absolute atomic E-state index is 0.0477. The first-order valence-corrected chi connectivity index (χ1v) is 13.7. The molecule has 0 bridgehead atoms. The Balaban J connectivity index is 1.83. The lowest BCUT2D eigenvalue weighted by Gasteiger charge is -2.23. The maximum atomic E-state index is 13.5. The molecule has 3 aromatic rings. The van der Waals surface area contributed by atoms with Crippen LogP contribution in [0.1, 0.15) is 70.4 Å². The van der Waals surface area contributed by atoms with Crippen molar-refractivity contribution in [3.63, 3.8) is 0 Å². The van der Waals surface area contributed by atoms with E-state index < -0.39 is 23.7 Å². The molecule has 0 radical (unpaired) electrons. The molecule has 4 rings (SSSR count). The van der Waals surface area contributed by atoms with Crippen molar-refractivity contribution in [3.8, 4) is 5.75 Å². The van der Waals surface area contributed by atoms with Gasteiger partial charge in [-0.25, -0.2) is 9.78 Å². The molecule has 0 aliphatic carbocycles. The Bertz CT molecular complexity index is 1440. The summed E-state index contributed by atoms with van der Waals surface area (Å²) in [6.07, 6.45) is 1.94. The van der Waals surface area contributed by atoms with E-state index in [-0.39, 0.29) is 27.9 Å². The van der Waals surface area contributed by atoms with Crippen LogP contribution >= 0.6 is 11.3 Å². The maximum absolute atomic E-state index is 13.5. The van der Waals surface area contributed by atoms with Crippen LogP contribution in [-0.4, -0.2) is 41.0 Å². The number of aliphatic hydroxyl groups is 1. The molecule has 1 saturated heterocycles. The van der Waals surface area contributed by atoms with E-state index in [1.165, 1.54) is 4.90 Å². The van der Waals surface area contributed by atoms with E-state index in [2.05, 4.69) is 11.9 Å². The number of amides is 1. The van der Waals surface area contributed by atoms with Gasteiger partial charge in [0, 0.05) is 5.56 Å². The van der Waals surface area contributed by atoms with Crippen molar-refractivity contribution in [3.05, 3.63) is 80.9 Å². The average Bonchev–Trinajstić information content (AvgIpc) is 3.42. The summed E-state index contributed by atoms with van der Waals surface area (Å²) in [5.74, 6) is -1.80. The van der Waals surface area contributed by atoms with Crippen molar-refractivity contribution in [2.75, 3.05) is 18.1 Å². The lowest BCUT2D eigenvalue weighted by Crippen LogP contribution is -2.29. The van der Waals surface area contributed by atoms with Gasteiger partial charge in [-0.1, -0.05) is 54.5 Å². The summed E-state index contributed by atoms with van der Waals surface area (Å²) in [5, 5.41) is 11.6. The number of ether oxygens (including phenoxy) is 2. The van der Waals surface area contributed by atoms with Crippen molar-refractivity contribution in [2.45, 2.75) is 53.5 Å². The molecule has 8 nitrogen and oxygen atoms in total. The van der Waals surface area contributed by atoms with Crippen molar-refractivity contribution < 1.29 is 29.0 Å². The van der Waals surface area contributed by atoms with Gasteiger partial charge in [0.2, 0.25) is 0 Å². The van der Waals surface area contributed by atoms with Crippen LogP contribution in [0.2, 0.25) is 0 Å². The molecular weight excluding hydrogens is 516 g/mol. The lowest BCUT2D eigenvalue weighted by atomic mass is 9.94. The molecule has 1 aliphatic rings. The SMILES string of the molecule is CCCCOc1ccc(C(O)=C2C(=O)C(=O)N(c3nc(C)c(C(=O)OCC)s3)[C@H]2c2ccc(C)cc2)cc1C. The molecule has 0 unspecified atom stereocenters. The highest BCUT2D eigenvalue weighted by molar-refractivity contribution is 7.17. The predicted molar refractivity (Wildman–Crippen MR) is 150 cm³/mol. The molecule has 1 amide bonds. The summed E-state index contributed by atoms with van der Waals surface area (Å²) in [6, 6.07) is 11.6. The zero-order valence-corrected chi connectivity index (χ0v) is 23.6. The normalized spacial score (nSPS) is 16.5. The highest BCUT2D eigenvalue weighted by atomic mass is 32.1. The van der Waals surface area contributed by atoms with Gasteiger partial charge < -0.3 is 14.6 Å². The van der Waals surface area contributed by atoms with Gasteiger partial charge in [0.15, 0.2) is 5.13 Å². The van der Waals surface area contributed by atoms with Crippen LogP contribution in [0.25, 0.3) is 5.76 Å². The number of aromatic nitrogens is 1. The summed E-state index contributed by atoms with van der Waals surface area (Å²) < 4.78 is 11.0. The number of esters is 1. The second kappa shape index (κ2) is 11.8. The van der Waals surface area contributed by atoms with Gasteiger partial charge in [-0.3, -0.25) is 14.5 Å². The van der Waals surface area contributed by atoms with Gasteiger partial charge in [0.1, 0.15) is 16.4 Å². The standard InChI is InChI=1S/C30H32N2O6S/c1-6-8-15-38-22-14-13-21(16-18(22)4)25(33)23-24(20-11-9-17(3)10-12-20)32(28(35)26(23)34)30-31-19(5)27(39-30)29(36)37-7-2/h9-14,16,24,33H,6-8,15H2,1-5H3/t24-/m0/s1. The number of benzene rings is 2. The third-order valence-corrected chi connectivity index (χ3v) is 7.63. The largest absolute Gasteiger partial charge is 0.507 e. The van der Waals surface area contributed by atoms with Crippen molar-refractivity contribution in [2.24, 2.45) is 0 Å². The number of rotatable bonds is 9. The zero-order valence-electron chi connectivity index (χ0n) is 22.7. The lowest BCUT2D eigenvalue weighted by molar-refractivity contribution is -0.132. The molecule has 1 fully saturated rings. The van der Waals surface area contributed by atoms with E-state index in [1.54, 1.807) is 32.0 Å². The summed E-state index contributed by atoms with van der Waals surface area (Å²) >= 11 is 0.982. The molecule has 0 saturated carbocycles. The first-order chi connectivity index (χ1) is 18.7. The molecule has 39 heavy (non-hydrogen) atoms.